The molecule has 0 unspecified atom stereocenters. The molecule has 0 aliphatic carbocycles. The molecule has 2 aromatic heterocycles. The molecule has 1 fully saturated rings. The Morgan fingerprint density at radius 1 is 1.22 bits per heavy atom. The van der Waals surface area contributed by atoms with Gasteiger partial charge in [0, 0.05) is 63.2 Å². The highest BCUT2D eigenvalue weighted by Gasteiger charge is 2.29. The molecule has 8 nitrogen and oxygen atoms in total. The zero-order valence-electron chi connectivity index (χ0n) is 15.6. The second kappa shape index (κ2) is 8.28. The van der Waals surface area contributed by atoms with Gasteiger partial charge in [-0.3, -0.25) is 19.7 Å². The molecule has 1 amide bonds. The first kappa shape index (κ1) is 19.7. The lowest BCUT2D eigenvalue weighted by Gasteiger charge is -2.34. The van der Waals surface area contributed by atoms with Crippen molar-refractivity contribution in [2.45, 2.75) is 19.1 Å². The predicted molar refractivity (Wildman–Crippen MR) is 104 cm³/mol. The number of aromatic nitrogens is 2. The number of rotatable bonds is 6. The molecule has 1 N–H and O–H groups in total. The second-order valence-electron chi connectivity index (χ2n) is 6.85. The maximum absolute atomic E-state index is 12.5. The molecule has 2 aromatic rings. The number of carbonyl (C=O) groups is 1. The van der Waals surface area contributed by atoms with Crippen LogP contribution in [0, 0.1) is 0 Å². The van der Waals surface area contributed by atoms with Crippen LogP contribution in [0.2, 0.25) is 0 Å². The van der Waals surface area contributed by atoms with Crippen molar-refractivity contribution in [3.8, 4) is 0 Å². The van der Waals surface area contributed by atoms with E-state index in [1.165, 1.54) is 6.20 Å². The van der Waals surface area contributed by atoms with Crippen molar-refractivity contribution in [1.29, 1.82) is 0 Å². The summed E-state index contributed by atoms with van der Waals surface area (Å²) in [6, 6.07) is 3.68. The maximum atomic E-state index is 12.5. The van der Waals surface area contributed by atoms with E-state index in [9.17, 15) is 13.2 Å². The van der Waals surface area contributed by atoms with Crippen LogP contribution in [0.25, 0.3) is 10.9 Å². The summed E-state index contributed by atoms with van der Waals surface area (Å²) in [5.41, 5.74) is 1.10. The molecule has 0 radical (unpaired) electrons. The normalized spacial score (nSPS) is 16.7. The van der Waals surface area contributed by atoms with Crippen molar-refractivity contribution in [2.75, 3.05) is 39.3 Å². The SMILES string of the molecule is CC(C)S(=O)(=O)N1CCN(CCNC(=O)c2cncc3cccnc23)CC1. The van der Waals surface area contributed by atoms with E-state index in [1.807, 2.05) is 12.1 Å². The predicted octanol–water partition coefficient (Wildman–Crippen LogP) is 0.715. The third-order valence-corrected chi connectivity index (χ3v) is 7.03. The lowest BCUT2D eigenvalue weighted by Crippen LogP contribution is -2.51. The molecule has 1 aliphatic rings. The standard InChI is InChI=1S/C18H25N5O3S/c1-14(2)27(25,26)23-10-8-22(9-11-23)7-6-21-18(24)16-13-19-12-15-4-3-5-20-17(15)16/h3-5,12-14H,6-11H2,1-2H3,(H,21,24). The van der Waals surface area contributed by atoms with Crippen LogP contribution >= 0.6 is 0 Å². The first-order valence-corrected chi connectivity index (χ1v) is 10.6. The number of carbonyl (C=O) groups excluding carboxylic acids is 1. The first-order chi connectivity index (χ1) is 12.9. The number of piperazine rings is 1. The van der Waals surface area contributed by atoms with Gasteiger partial charge in [0.1, 0.15) is 0 Å². The molecule has 0 saturated carbocycles. The zero-order valence-corrected chi connectivity index (χ0v) is 16.4. The van der Waals surface area contributed by atoms with Gasteiger partial charge in [-0.2, -0.15) is 4.31 Å². The summed E-state index contributed by atoms with van der Waals surface area (Å²) in [5, 5.41) is 3.34. The van der Waals surface area contributed by atoms with Crippen LogP contribution in [0.15, 0.2) is 30.7 Å². The average Bonchev–Trinajstić information content (AvgIpc) is 2.67. The van der Waals surface area contributed by atoms with E-state index >= 15 is 0 Å². The summed E-state index contributed by atoms with van der Waals surface area (Å²) in [6.07, 6.45) is 4.87. The number of sulfonamides is 1. The molecule has 0 atom stereocenters. The minimum atomic E-state index is -3.19. The third-order valence-electron chi connectivity index (χ3n) is 4.76. The monoisotopic (exact) mass is 391 g/mol. The number of nitrogens with zero attached hydrogens (tertiary/aromatic N) is 4. The maximum Gasteiger partial charge on any atom is 0.255 e. The van der Waals surface area contributed by atoms with Gasteiger partial charge in [0.2, 0.25) is 10.0 Å². The Morgan fingerprint density at radius 2 is 1.96 bits per heavy atom. The number of nitrogens with one attached hydrogen (secondary N) is 1. The van der Waals surface area contributed by atoms with E-state index in [2.05, 4.69) is 20.2 Å². The van der Waals surface area contributed by atoms with Gasteiger partial charge in [-0.1, -0.05) is 0 Å². The van der Waals surface area contributed by atoms with E-state index in [4.69, 9.17) is 0 Å². The zero-order chi connectivity index (χ0) is 19.4. The van der Waals surface area contributed by atoms with Gasteiger partial charge in [0.25, 0.3) is 5.91 Å². The Labute approximate surface area is 159 Å². The van der Waals surface area contributed by atoms with Crippen LogP contribution in [-0.2, 0) is 10.0 Å². The summed E-state index contributed by atoms with van der Waals surface area (Å²) < 4.78 is 26.0. The van der Waals surface area contributed by atoms with Gasteiger partial charge in [-0.05, 0) is 26.0 Å². The number of amides is 1. The molecule has 9 heteroatoms. The quantitative estimate of drug-likeness (QED) is 0.779. The molecule has 146 valence electrons. The van der Waals surface area contributed by atoms with Crippen LogP contribution in [0.3, 0.4) is 0 Å². The molecule has 1 aliphatic heterocycles. The van der Waals surface area contributed by atoms with Gasteiger partial charge in [0.15, 0.2) is 0 Å². The number of fused-ring (bicyclic) bond motifs is 1. The Hall–Kier alpha value is -2.10. The molecule has 0 spiro atoms. The van der Waals surface area contributed by atoms with Gasteiger partial charge in [-0.25, -0.2) is 8.42 Å². The van der Waals surface area contributed by atoms with Crippen molar-refractivity contribution in [3.05, 3.63) is 36.3 Å². The number of hydrogen-bond donors (Lipinski definition) is 1. The van der Waals surface area contributed by atoms with E-state index in [0.717, 1.165) is 5.39 Å². The topological polar surface area (TPSA) is 95.5 Å². The highest BCUT2D eigenvalue weighted by atomic mass is 32.2. The average molecular weight is 391 g/mol. The lowest BCUT2D eigenvalue weighted by molar-refractivity contribution is 0.0946. The van der Waals surface area contributed by atoms with Crippen LogP contribution < -0.4 is 5.32 Å². The summed E-state index contributed by atoms with van der Waals surface area (Å²) in [7, 11) is -3.19. The second-order valence-corrected chi connectivity index (χ2v) is 9.34. The van der Waals surface area contributed by atoms with Crippen molar-refractivity contribution in [1.82, 2.24) is 24.5 Å². The van der Waals surface area contributed by atoms with Gasteiger partial charge in [0.05, 0.1) is 16.3 Å². The van der Waals surface area contributed by atoms with Crippen LogP contribution in [0.5, 0.6) is 0 Å². The summed E-state index contributed by atoms with van der Waals surface area (Å²) in [4.78, 5) is 23.0. The van der Waals surface area contributed by atoms with Crippen LogP contribution in [-0.4, -0.2) is 78.0 Å². The highest BCUT2D eigenvalue weighted by Crippen LogP contribution is 2.14. The molecule has 27 heavy (non-hydrogen) atoms. The van der Waals surface area contributed by atoms with E-state index in [1.54, 1.807) is 30.5 Å². The van der Waals surface area contributed by atoms with E-state index < -0.39 is 15.3 Å². The summed E-state index contributed by atoms with van der Waals surface area (Å²) >= 11 is 0. The Balaban J connectivity index is 1.50. The van der Waals surface area contributed by atoms with E-state index in [0.29, 0.717) is 50.3 Å². The highest BCUT2D eigenvalue weighted by molar-refractivity contribution is 7.89. The Kier molecular flexibility index (Phi) is 6.03. The fraction of sp³-hybridized carbons (Fsp3) is 0.500. The number of pyridine rings is 2. The van der Waals surface area contributed by atoms with Crippen molar-refractivity contribution in [3.63, 3.8) is 0 Å². The largest absolute Gasteiger partial charge is 0.351 e. The first-order valence-electron chi connectivity index (χ1n) is 9.08. The molecule has 3 rings (SSSR count). The Bertz CT molecular complexity index is 903. The van der Waals surface area contributed by atoms with Gasteiger partial charge in [-0.15, -0.1) is 0 Å². The van der Waals surface area contributed by atoms with Gasteiger partial charge < -0.3 is 5.32 Å². The third kappa shape index (κ3) is 4.42. The fourth-order valence-corrected chi connectivity index (χ4v) is 4.36. The van der Waals surface area contributed by atoms with Crippen LogP contribution in [0.1, 0.15) is 24.2 Å². The summed E-state index contributed by atoms with van der Waals surface area (Å²) in [5.74, 6) is -0.201. The lowest BCUT2D eigenvalue weighted by atomic mass is 10.2. The van der Waals surface area contributed by atoms with Gasteiger partial charge >= 0.3 is 0 Å². The summed E-state index contributed by atoms with van der Waals surface area (Å²) in [6.45, 7) is 6.88. The molecule has 1 saturated heterocycles. The molecule has 0 aromatic carbocycles. The van der Waals surface area contributed by atoms with E-state index in [-0.39, 0.29) is 5.91 Å². The smallest absolute Gasteiger partial charge is 0.255 e. The fourth-order valence-electron chi connectivity index (χ4n) is 3.09. The molecular formula is C18H25N5O3S. The van der Waals surface area contributed by atoms with Crippen LogP contribution in [0.4, 0.5) is 0 Å². The molecular weight excluding hydrogens is 366 g/mol. The molecule has 3 heterocycles. The van der Waals surface area contributed by atoms with Crippen molar-refractivity contribution >= 4 is 26.8 Å². The van der Waals surface area contributed by atoms with Crippen molar-refractivity contribution < 1.29 is 13.2 Å². The molecule has 0 bridgehead atoms. The number of hydrogen-bond acceptors (Lipinski definition) is 6. The van der Waals surface area contributed by atoms with Crippen molar-refractivity contribution in [2.24, 2.45) is 0 Å². The minimum Gasteiger partial charge on any atom is -0.351 e. The minimum absolute atomic E-state index is 0.201. The Morgan fingerprint density at radius 3 is 2.67 bits per heavy atom.